The highest BCUT2D eigenvalue weighted by Crippen LogP contribution is 2.42. The highest BCUT2D eigenvalue weighted by molar-refractivity contribution is 5.43. The summed E-state index contributed by atoms with van der Waals surface area (Å²) in [7, 11) is 1.61. The Morgan fingerprint density at radius 2 is 2.35 bits per heavy atom. The van der Waals surface area contributed by atoms with Crippen molar-refractivity contribution in [2.24, 2.45) is 0 Å². The van der Waals surface area contributed by atoms with Crippen molar-refractivity contribution in [2.75, 3.05) is 7.11 Å². The number of rotatable bonds is 3. The van der Waals surface area contributed by atoms with Gasteiger partial charge in [-0.3, -0.25) is 4.68 Å². The zero-order chi connectivity index (χ0) is 14.1. The molecule has 2 atom stereocenters. The average molecular weight is 274 g/mol. The van der Waals surface area contributed by atoms with Crippen molar-refractivity contribution in [2.45, 2.75) is 32.1 Å². The lowest BCUT2D eigenvalue weighted by Gasteiger charge is -2.29. The van der Waals surface area contributed by atoms with Gasteiger partial charge < -0.3 is 14.6 Å². The normalized spacial score (nSPS) is 21.1. The van der Waals surface area contributed by atoms with Crippen molar-refractivity contribution in [3.63, 3.8) is 0 Å². The van der Waals surface area contributed by atoms with Crippen LogP contribution < -0.4 is 9.47 Å². The van der Waals surface area contributed by atoms with Gasteiger partial charge in [0.2, 0.25) is 0 Å². The van der Waals surface area contributed by atoms with Crippen molar-refractivity contribution in [1.82, 2.24) is 9.78 Å². The van der Waals surface area contributed by atoms with Crippen LogP contribution in [0.2, 0.25) is 0 Å². The lowest BCUT2D eigenvalue weighted by atomic mass is 9.96. The molecular weight excluding hydrogens is 256 g/mol. The summed E-state index contributed by atoms with van der Waals surface area (Å²) in [5.74, 6) is 1.40. The minimum absolute atomic E-state index is 0.176. The molecule has 0 spiro atoms. The number of ether oxygens (including phenoxy) is 2. The van der Waals surface area contributed by atoms with Crippen molar-refractivity contribution < 1.29 is 14.6 Å². The molecular formula is C15H18N2O3. The summed E-state index contributed by atoms with van der Waals surface area (Å²) < 4.78 is 13.0. The van der Waals surface area contributed by atoms with Crippen molar-refractivity contribution in [1.29, 1.82) is 0 Å². The van der Waals surface area contributed by atoms with Gasteiger partial charge in [0.25, 0.3) is 0 Å². The third-order valence-corrected chi connectivity index (χ3v) is 3.64. The van der Waals surface area contributed by atoms with Gasteiger partial charge in [0.1, 0.15) is 17.6 Å². The van der Waals surface area contributed by atoms with Gasteiger partial charge in [-0.25, -0.2) is 0 Å². The average Bonchev–Trinajstić information content (AvgIpc) is 2.95. The van der Waals surface area contributed by atoms with E-state index in [9.17, 15) is 5.11 Å². The summed E-state index contributed by atoms with van der Waals surface area (Å²) in [6, 6.07) is 5.50. The van der Waals surface area contributed by atoms with E-state index in [1.165, 1.54) is 0 Å². The number of aryl methyl sites for hydroxylation is 1. The highest BCUT2D eigenvalue weighted by Gasteiger charge is 2.29. The molecule has 1 aromatic carbocycles. The monoisotopic (exact) mass is 274 g/mol. The largest absolute Gasteiger partial charge is 0.497 e. The first-order chi connectivity index (χ1) is 9.71. The van der Waals surface area contributed by atoms with Crippen LogP contribution in [0.5, 0.6) is 11.5 Å². The molecule has 0 radical (unpaired) electrons. The molecule has 20 heavy (non-hydrogen) atoms. The van der Waals surface area contributed by atoms with E-state index in [0.717, 1.165) is 23.4 Å². The number of aromatic nitrogens is 2. The van der Waals surface area contributed by atoms with Gasteiger partial charge in [-0.05, 0) is 19.1 Å². The van der Waals surface area contributed by atoms with Gasteiger partial charge in [0, 0.05) is 36.4 Å². The predicted octanol–water partition coefficient (Wildman–Crippen LogP) is 2.47. The number of fused-ring (bicyclic) bond motifs is 1. The molecule has 3 rings (SSSR count). The van der Waals surface area contributed by atoms with Crippen molar-refractivity contribution in [3.05, 3.63) is 41.7 Å². The molecule has 0 saturated heterocycles. The van der Waals surface area contributed by atoms with Crippen LogP contribution in [0.1, 0.15) is 36.7 Å². The summed E-state index contributed by atoms with van der Waals surface area (Å²) in [4.78, 5) is 0. The third kappa shape index (κ3) is 2.25. The fourth-order valence-electron chi connectivity index (χ4n) is 2.47. The lowest BCUT2D eigenvalue weighted by Crippen LogP contribution is -2.18. The van der Waals surface area contributed by atoms with E-state index in [-0.39, 0.29) is 6.10 Å². The van der Waals surface area contributed by atoms with Gasteiger partial charge in [-0.2, -0.15) is 5.10 Å². The minimum atomic E-state index is -0.528. The predicted molar refractivity (Wildman–Crippen MR) is 73.8 cm³/mol. The zero-order valence-corrected chi connectivity index (χ0v) is 11.6. The minimum Gasteiger partial charge on any atom is -0.497 e. The maximum atomic E-state index is 10.3. The van der Waals surface area contributed by atoms with Crippen LogP contribution in [0, 0.1) is 0 Å². The Morgan fingerprint density at radius 3 is 3.05 bits per heavy atom. The number of aliphatic hydroxyl groups excluding tert-OH is 1. The summed E-state index contributed by atoms with van der Waals surface area (Å²) in [5.41, 5.74) is 1.80. The van der Waals surface area contributed by atoms with Crippen LogP contribution in [-0.2, 0) is 6.54 Å². The fourth-order valence-corrected chi connectivity index (χ4v) is 2.47. The van der Waals surface area contributed by atoms with E-state index in [4.69, 9.17) is 9.47 Å². The third-order valence-electron chi connectivity index (χ3n) is 3.64. The molecule has 106 valence electrons. The molecule has 2 unspecified atom stereocenters. The maximum absolute atomic E-state index is 10.3. The topological polar surface area (TPSA) is 56.5 Å². The van der Waals surface area contributed by atoms with Gasteiger partial charge in [0.05, 0.1) is 19.4 Å². The summed E-state index contributed by atoms with van der Waals surface area (Å²) in [5, 5.41) is 14.5. The summed E-state index contributed by atoms with van der Waals surface area (Å²) >= 11 is 0. The Morgan fingerprint density at radius 1 is 1.50 bits per heavy atom. The molecule has 5 nitrogen and oxygen atoms in total. The number of benzene rings is 1. The second-order valence-electron chi connectivity index (χ2n) is 4.89. The van der Waals surface area contributed by atoms with E-state index < -0.39 is 6.10 Å². The molecule has 1 aliphatic rings. The molecule has 0 aliphatic carbocycles. The van der Waals surface area contributed by atoms with Gasteiger partial charge in [-0.1, -0.05) is 0 Å². The van der Waals surface area contributed by atoms with E-state index >= 15 is 0 Å². The zero-order valence-electron chi connectivity index (χ0n) is 11.6. The number of aliphatic hydroxyl groups is 1. The van der Waals surface area contributed by atoms with Crippen LogP contribution in [0.25, 0.3) is 0 Å². The molecule has 0 bridgehead atoms. The van der Waals surface area contributed by atoms with Gasteiger partial charge in [0.15, 0.2) is 0 Å². The molecule has 1 N–H and O–H groups in total. The number of nitrogens with zero attached hydrogens (tertiary/aromatic N) is 2. The molecule has 2 heterocycles. The molecule has 5 heteroatoms. The van der Waals surface area contributed by atoms with E-state index in [1.54, 1.807) is 13.3 Å². The first kappa shape index (κ1) is 13.0. The van der Waals surface area contributed by atoms with Crippen LogP contribution in [0.3, 0.4) is 0 Å². The Balaban J connectivity index is 1.90. The van der Waals surface area contributed by atoms with Crippen LogP contribution in [0.15, 0.2) is 30.6 Å². The molecule has 0 fully saturated rings. The van der Waals surface area contributed by atoms with Crippen molar-refractivity contribution >= 4 is 0 Å². The van der Waals surface area contributed by atoms with Crippen LogP contribution >= 0.6 is 0 Å². The smallest absolute Gasteiger partial charge is 0.130 e. The quantitative estimate of drug-likeness (QED) is 0.934. The van der Waals surface area contributed by atoms with Crippen LogP contribution in [0.4, 0.5) is 0 Å². The number of hydrogen-bond acceptors (Lipinski definition) is 4. The second-order valence-corrected chi connectivity index (χ2v) is 4.89. The van der Waals surface area contributed by atoms with Crippen molar-refractivity contribution in [3.8, 4) is 11.5 Å². The summed E-state index contributed by atoms with van der Waals surface area (Å²) in [6.07, 6.45) is 3.59. The first-order valence-electron chi connectivity index (χ1n) is 6.76. The van der Waals surface area contributed by atoms with Gasteiger partial charge >= 0.3 is 0 Å². The van der Waals surface area contributed by atoms with E-state index in [2.05, 4.69) is 5.10 Å². The fraction of sp³-hybridized carbons (Fsp3) is 0.400. The highest BCUT2D eigenvalue weighted by atomic mass is 16.5. The standard InChI is InChI=1S/C15H18N2O3/c1-3-17-9-10(8-16-17)14-7-13(18)12-5-4-11(19-2)6-15(12)20-14/h4-6,8-9,13-14,18H,3,7H2,1-2H3. The molecule has 1 aromatic heterocycles. The molecule has 0 saturated carbocycles. The number of hydrogen-bond donors (Lipinski definition) is 1. The summed E-state index contributed by atoms with van der Waals surface area (Å²) in [6.45, 7) is 2.85. The van der Waals surface area contributed by atoms with Gasteiger partial charge in [-0.15, -0.1) is 0 Å². The Labute approximate surface area is 117 Å². The first-order valence-corrected chi connectivity index (χ1v) is 6.76. The molecule has 2 aromatic rings. The second kappa shape index (κ2) is 5.17. The lowest BCUT2D eigenvalue weighted by molar-refractivity contribution is 0.0654. The SMILES string of the molecule is CCn1cc(C2CC(O)c3ccc(OC)cc3O2)cn1. The van der Waals surface area contributed by atoms with Crippen LogP contribution in [-0.4, -0.2) is 22.0 Å². The maximum Gasteiger partial charge on any atom is 0.130 e. The molecule has 0 amide bonds. The Bertz CT molecular complexity index is 609. The van der Waals surface area contributed by atoms with E-state index in [0.29, 0.717) is 12.2 Å². The molecule has 1 aliphatic heterocycles. The Hall–Kier alpha value is -2.01. The Kier molecular flexibility index (Phi) is 3.36. The van der Waals surface area contributed by atoms with E-state index in [1.807, 2.05) is 36.0 Å². The number of methoxy groups -OCH3 is 1.